The summed E-state index contributed by atoms with van der Waals surface area (Å²) in [4.78, 5) is 21.8. The largest absolute Gasteiger partial charge is 0.480 e. The van der Waals surface area contributed by atoms with Crippen LogP contribution in [0, 0.1) is 0 Å². The molecule has 7 heteroatoms. The molecule has 1 aliphatic rings. The minimum absolute atomic E-state index is 0.417. The highest BCUT2D eigenvalue weighted by molar-refractivity contribution is 5.89. The van der Waals surface area contributed by atoms with E-state index in [0.29, 0.717) is 18.9 Å². The maximum atomic E-state index is 11.3. The van der Waals surface area contributed by atoms with Crippen molar-refractivity contribution in [1.82, 2.24) is 19.9 Å². The Hall–Kier alpha value is -2.15. The highest BCUT2D eigenvalue weighted by atomic mass is 16.4. The molecule has 0 radical (unpaired) electrons. The third-order valence-electron chi connectivity index (χ3n) is 3.42. The van der Waals surface area contributed by atoms with Crippen LogP contribution in [0.25, 0.3) is 11.0 Å². The number of hydrogen-bond acceptors (Lipinski definition) is 5. The Balaban J connectivity index is 2.09. The van der Waals surface area contributed by atoms with Crippen LogP contribution < -0.4 is 10.2 Å². The van der Waals surface area contributed by atoms with Crippen LogP contribution in [0.4, 0.5) is 5.82 Å². The van der Waals surface area contributed by atoms with Gasteiger partial charge in [0, 0.05) is 32.9 Å². The minimum atomic E-state index is -0.845. The Morgan fingerprint density at radius 3 is 3.16 bits per heavy atom. The Bertz CT molecular complexity index is 624. The molecule has 2 N–H and O–H groups in total. The third-order valence-corrected chi connectivity index (χ3v) is 3.42. The lowest BCUT2D eigenvalue weighted by Crippen LogP contribution is -2.55. The van der Waals surface area contributed by atoms with E-state index in [0.717, 1.165) is 17.6 Å². The summed E-state index contributed by atoms with van der Waals surface area (Å²) in [6.45, 7) is 1.77. The standard InChI is InChI=1S/C12H15N5O2/c1-16-7-15-10-8(16)2-3-14-11(10)17-5-4-13-6-9(17)12(18)19/h2-3,7,9,13H,4-6H2,1H3,(H,18,19). The number of carboxylic acid groups (broad SMARTS) is 1. The number of carboxylic acids is 1. The average molecular weight is 261 g/mol. The van der Waals surface area contributed by atoms with E-state index in [2.05, 4.69) is 15.3 Å². The first-order valence-corrected chi connectivity index (χ1v) is 6.14. The molecule has 1 unspecified atom stereocenters. The van der Waals surface area contributed by atoms with Crippen molar-refractivity contribution in [3.63, 3.8) is 0 Å². The molecule has 100 valence electrons. The molecule has 19 heavy (non-hydrogen) atoms. The summed E-state index contributed by atoms with van der Waals surface area (Å²) < 4.78 is 1.90. The zero-order valence-corrected chi connectivity index (χ0v) is 10.6. The van der Waals surface area contributed by atoms with E-state index < -0.39 is 12.0 Å². The van der Waals surface area contributed by atoms with Gasteiger partial charge in [0.05, 0.1) is 11.8 Å². The van der Waals surface area contributed by atoms with Crippen molar-refractivity contribution in [2.45, 2.75) is 6.04 Å². The number of aliphatic carboxylic acids is 1. The van der Waals surface area contributed by atoms with Crippen molar-refractivity contribution < 1.29 is 9.90 Å². The molecular formula is C12H15N5O2. The number of rotatable bonds is 2. The second-order valence-electron chi connectivity index (χ2n) is 4.61. The topological polar surface area (TPSA) is 83.3 Å². The zero-order chi connectivity index (χ0) is 13.4. The van der Waals surface area contributed by atoms with Gasteiger partial charge in [-0.3, -0.25) is 0 Å². The van der Waals surface area contributed by atoms with Crippen LogP contribution in [-0.4, -0.2) is 51.3 Å². The summed E-state index contributed by atoms with van der Waals surface area (Å²) in [6.07, 6.45) is 3.41. The van der Waals surface area contributed by atoms with Gasteiger partial charge in [0.25, 0.3) is 0 Å². The first-order valence-electron chi connectivity index (χ1n) is 6.14. The summed E-state index contributed by atoms with van der Waals surface area (Å²) >= 11 is 0. The molecule has 0 aromatic carbocycles. The van der Waals surface area contributed by atoms with Crippen molar-refractivity contribution in [3.8, 4) is 0 Å². The lowest BCUT2D eigenvalue weighted by molar-refractivity contribution is -0.138. The summed E-state index contributed by atoms with van der Waals surface area (Å²) in [6, 6.07) is 1.28. The smallest absolute Gasteiger partial charge is 0.327 e. The van der Waals surface area contributed by atoms with Gasteiger partial charge in [-0.25, -0.2) is 14.8 Å². The van der Waals surface area contributed by atoms with Gasteiger partial charge >= 0.3 is 5.97 Å². The SMILES string of the molecule is Cn1cnc2c(N3CCNCC3C(=O)O)nccc21. The number of imidazole rings is 1. The molecule has 0 saturated carbocycles. The van der Waals surface area contributed by atoms with Gasteiger partial charge < -0.3 is 19.9 Å². The Morgan fingerprint density at radius 1 is 1.53 bits per heavy atom. The van der Waals surface area contributed by atoms with E-state index in [-0.39, 0.29) is 0 Å². The highest BCUT2D eigenvalue weighted by Gasteiger charge is 2.30. The van der Waals surface area contributed by atoms with Crippen molar-refractivity contribution in [2.24, 2.45) is 7.05 Å². The van der Waals surface area contributed by atoms with E-state index >= 15 is 0 Å². The van der Waals surface area contributed by atoms with Crippen LogP contribution in [0.3, 0.4) is 0 Å². The van der Waals surface area contributed by atoms with Gasteiger partial charge in [-0.1, -0.05) is 0 Å². The first-order chi connectivity index (χ1) is 9.18. The molecular weight excluding hydrogens is 246 g/mol. The maximum Gasteiger partial charge on any atom is 0.327 e. The molecule has 7 nitrogen and oxygen atoms in total. The number of anilines is 1. The van der Waals surface area contributed by atoms with Gasteiger partial charge in [-0.2, -0.15) is 0 Å². The minimum Gasteiger partial charge on any atom is -0.480 e. The van der Waals surface area contributed by atoms with Crippen molar-refractivity contribution in [1.29, 1.82) is 0 Å². The van der Waals surface area contributed by atoms with Gasteiger partial charge in [-0.05, 0) is 6.07 Å². The third kappa shape index (κ3) is 1.91. The van der Waals surface area contributed by atoms with Crippen LogP contribution >= 0.6 is 0 Å². The van der Waals surface area contributed by atoms with Crippen LogP contribution in [0.15, 0.2) is 18.6 Å². The first kappa shape index (κ1) is 11.9. The van der Waals surface area contributed by atoms with Gasteiger partial charge in [-0.15, -0.1) is 0 Å². The molecule has 1 atom stereocenters. The number of fused-ring (bicyclic) bond motifs is 1. The summed E-state index contributed by atoms with van der Waals surface area (Å²) in [5.74, 6) is -0.200. The van der Waals surface area contributed by atoms with Gasteiger partial charge in [0.2, 0.25) is 0 Å². The Morgan fingerprint density at radius 2 is 2.37 bits per heavy atom. The molecule has 0 aliphatic carbocycles. The number of nitrogens with one attached hydrogen (secondary N) is 1. The zero-order valence-electron chi connectivity index (χ0n) is 10.6. The van der Waals surface area contributed by atoms with Crippen LogP contribution in [0.1, 0.15) is 0 Å². The van der Waals surface area contributed by atoms with E-state index in [1.54, 1.807) is 12.5 Å². The van der Waals surface area contributed by atoms with Crippen LogP contribution in [-0.2, 0) is 11.8 Å². The molecule has 0 bridgehead atoms. The van der Waals surface area contributed by atoms with Crippen LogP contribution in [0.5, 0.6) is 0 Å². The van der Waals surface area contributed by atoms with E-state index in [1.165, 1.54) is 0 Å². The van der Waals surface area contributed by atoms with E-state index in [9.17, 15) is 9.90 Å². The number of aryl methyl sites for hydroxylation is 1. The number of carbonyl (C=O) groups is 1. The number of aromatic nitrogens is 3. The van der Waals surface area contributed by atoms with Gasteiger partial charge in [0.1, 0.15) is 11.6 Å². The fourth-order valence-corrected chi connectivity index (χ4v) is 2.44. The Labute approximate surface area is 109 Å². The summed E-state index contributed by atoms with van der Waals surface area (Å²) in [5, 5.41) is 12.4. The quantitative estimate of drug-likeness (QED) is 0.781. The molecule has 1 fully saturated rings. The number of nitrogens with zero attached hydrogens (tertiary/aromatic N) is 4. The molecule has 0 amide bonds. The predicted molar refractivity (Wildman–Crippen MR) is 70.1 cm³/mol. The maximum absolute atomic E-state index is 11.3. The molecule has 1 saturated heterocycles. The second-order valence-corrected chi connectivity index (χ2v) is 4.61. The summed E-state index contributed by atoms with van der Waals surface area (Å²) in [7, 11) is 1.91. The van der Waals surface area contributed by atoms with Crippen molar-refractivity contribution in [3.05, 3.63) is 18.6 Å². The van der Waals surface area contributed by atoms with Crippen LogP contribution in [0.2, 0.25) is 0 Å². The molecule has 0 spiro atoms. The number of hydrogen-bond donors (Lipinski definition) is 2. The second kappa shape index (κ2) is 4.51. The van der Waals surface area contributed by atoms with Crippen molar-refractivity contribution in [2.75, 3.05) is 24.5 Å². The monoisotopic (exact) mass is 261 g/mol. The molecule has 3 rings (SSSR count). The lowest BCUT2D eigenvalue weighted by Gasteiger charge is -2.34. The predicted octanol–water partition coefficient (Wildman–Crippen LogP) is -0.169. The van der Waals surface area contributed by atoms with E-state index in [1.807, 2.05) is 22.6 Å². The van der Waals surface area contributed by atoms with Crippen molar-refractivity contribution >= 4 is 22.8 Å². The number of piperazine rings is 1. The van der Waals surface area contributed by atoms with E-state index in [4.69, 9.17) is 0 Å². The molecule has 2 aromatic rings. The Kier molecular flexibility index (Phi) is 2.83. The lowest BCUT2D eigenvalue weighted by atomic mass is 10.2. The molecule has 2 aromatic heterocycles. The number of pyridine rings is 1. The molecule has 3 heterocycles. The molecule has 1 aliphatic heterocycles. The fraction of sp³-hybridized carbons (Fsp3) is 0.417. The van der Waals surface area contributed by atoms with Gasteiger partial charge in [0.15, 0.2) is 5.82 Å². The highest BCUT2D eigenvalue weighted by Crippen LogP contribution is 2.24. The summed E-state index contributed by atoms with van der Waals surface area (Å²) in [5.41, 5.74) is 1.70. The average Bonchev–Trinajstić information content (AvgIpc) is 2.81. The fourth-order valence-electron chi connectivity index (χ4n) is 2.44. The normalized spacial score (nSPS) is 19.8.